The van der Waals surface area contributed by atoms with Crippen LogP contribution >= 0.6 is 46.7 Å². The molecule has 31 heavy (non-hydrogen) atoms. The summed E-state index contributed by atoms with van der Waals surface area (Å²) in [6.07, 6.45) is 0.153. The number of halogens is 2. The summed E-state index contributed by atoms with van der Waals surface area (Å²) < 4.78 is 0. The van der Waals surface area contributed by atoms with Crippen molar-refractivity contribution in [3.63, 3.8) is 0 Å². The number of benzene rings is 2. The van der Waals surface area contributed by atoms with Crippen LogP contribution < -0.4 is 5.32 Å². The first kappa shape index (κ1) is 22.1. The van der Waals surface area contributed by atoms with Crippen LogP contribution in [0.25, 0.3) is 0 Å². The van der Waals surface area contributed by atoms with Crippen molar-refractivity contribution in [1.29, 1.82) is 0 Å². The Morgan fingerprint density at radius 1 is 1.19 bits per heavy atom. The number of rotatable bonds is 6. The van der Waals surface area contributed by atoms with Gasteiger partial charge in [0.1, 0.15) is 17.1 Å². The Hall–Kier alpha value is -2.13. The van der Waals surface area contributed by atoms with Crippen LogP contribution in [0.15, 0.2) is 64.0 Å². The van der Waals surface area contributed by atoms with E-state index in [1.54, 1.807) is 18.2 Å². The standard InChI is InChI=1S/C21H16Cl2N2O4S2/c22-12-6-7-14(13(23)9-12)31-15-10-30-20-17(19(27)25(20)18(15)21(28)29)24-16(26)8-11-4-2-1-3-5-11/h1-7,9,17,20H,8,10H2,(H,24,26)(H,28,29)/t17-,20-/m1/s1. The molecule has 2 heterocycles. The predicted octanol–water partition coefficient (Wildman–Crippen LogP) is 4.02. The van der Waals surface area contributed by atoms with E-state index in [1.807, 2.05) is 30.3 Å². The predicted molar refractivity (Wildman–Crippen MR) is 122 cm³/mol. The maximum absolute atomic E-state index is 12.8. The van der Waals surface area contributed by atoms with E-state index in [1.165, 1.54) is 28.4 Å². The topological polar surface area (TPSA) is 86.7 Å². The van der Waals surface area contributed by atoms with Crippen molar-refractivity contribution >= 4 is 64.5 Å². The van der Waals surface area contributed by atoms with Gasteiger partial charge in [-0.05, 0) is 23.8 Å². The van der Waals surface area contributed by atoms with Gasteiger partial charge in [-0.3, -0.25) is 14.5 Å². The number of thioether (sulfide) groups is 2. The van der Waals surface area contributed by atoms with Crippen molar-refractivity contribution in [3.05, 3.63) is 74.7 Å². The highest BCUT2D eigenvalue weighted by atomic mass is 35.5. The normalized spacial score (nSPS) is 20.2. The molecule has 2 aromatic rings. The summed E-state index contributed by atoms with van der Waals surface area (Å²) in [6.45, 7) is 0. The Morgan fingerprint density at radius 2 is 1.94 bits per heavy atom. The van der Waals surface area contributed by atoms with Crippen molar-refractivity contribution < 1.29 is 19.5 Å². The molecule has 0 radical (unpaired) electrons. The lowest BCUT2D eigenvalue weighted by Gasteiger charge is -2.49. The maximum atomic E-state index is 12.8. The number of carboxylic acid groups (broad SMARTS) is 1. The summed E-state index contributed by atoms with van der Waals surface area (Å²) in [4.78, 5) is 39.5. The van der Waals surface area contributed by atoms with Crippen molar-refractivity contribution in [2.24, 2.45) is 0 Å². The second-order valence-electron chi connectivity index (χ2n) is 6.87. The number of carbonyl (C=O) groups is 3. The van der Waals surface area contributed by atoms with Gasteiger partial charge in [-0.25, -0.2) is 4.79 Å². The lowest BCUT2D eigenvalue weighted by Crippen LogP contribution is -2.70. The third-order valence-electron chi connectivity index (χ3n) is 4.79. The average molecular weight is 495 g/mol. The van der Waals surface area contributed by atoms with E-state index in [4.69, 9.17) is 23.2 Å². The molecule has 0 bridgehead atoms. The van der Waals surface area contributed by atoms with Gasteiger partial charge < -0.3 is 10.4 Å². The zero-order valence-electron chi connectivity index (χ0n) is 15.9. The molecule has 4 rings (SSSR count). The van der Waals surface area contributed by atoms with Gasteiger partial charge >= 0.3 is 5.97 Å². The fourth-order valence-corrected chi connectivity index (χ4v) is 6.36. The van der Waals surface area contributed by atoms with Crippen molar-refractivity contribution in [3.8, 4) is 0 Å². The molecule has 0 aliphatic carbocycles. The van der Waals surface area contributed by atoms with E-state index < -0.39 is 23.3 Å². The summed E-state index contributed by atoms with van der Waals surface area (Å²) in [5.74, 6) is -1.53. The van der Waals surface area contributed by atoms with Crippen molar-refractivity contribution in [2.75, 3.05) is 5.75 Å². The lowest BCUT2D eigenvalue weighted by molar-refractivity contribution is -0.150. The Labute approximate surface area is 197 Å². The highest BCUT2D eigenvalue weighted by molar-refractivity contribution is 8.06. The Kier molecular flexibility index (Phi) is 6.52. The Morgan fingerprint density at radius 3 is 2.61 bits per heavy atom. The average Bonchev–Trinajstić information content (AvgIpc) is 2.74. The van der Waals surface area contributed by atoms with Crippen LogP contribution in [0, 0.1) is 0 Å². The van der Waals surface area contributed by atoms with Gasteiger partial charge in [0.25, 0.3) is 5.91 Å². The van der Waals surface area contributed by atoms with E-state index in [2.05, 4.69) is 5.32 Å². The molecule has 10 heteroatoms. The molecule has 1 saturated heterocycles. The molecular weight excluding hydrogens is 479 g/mol. The number of nitrogens with zero attached hydrogens (tertiary/aromatic N) is 1. The number of hydrogen-bond acceptors (Lipinski definition) is 5. The molecule has 1 fully saturated rings. The van der Waals surface area contributed by atoms with Crippen LogP contribution in [0.3, 0.4) is 0 Å². The van der Waals surface area contributed by atoms with Crippen LogP contribution in [0.2, 0.25) is 10.0 Å². The second-order valence-corrected chi connectivity index (χ2v) is 9.96. The van der Waals surface area contributed by atoms with E-state index in [9.17, 15) is 19.5 Å². The molecule has 2 aromatic carbocycles. The molecule has 2 amide bonds. The Balaban J connectivity index is 1.50. The number of amides is 2. The molecule has 0 aromatic heterocycles. The molecule has 0 unspecified atom stereocenters. The summed E-state index contributed by atoms with van der Waals surface area (Å²) in [7, 11) is 0. The highest BCUT2D eigenvalue weighted by Crippen LogP contribution is 2.46. The van der Waals surface area contributed by atoms with Crippen molar-refractivity contribution in [1.82, 2.24) is 10.2 Å². The van der Waals surface area contributed by atoms with Crippen LogP contribution in [0.1, 0.15) is 5.56 Å². The highest BCUT2D eigenvalue weighted by Gasteiger charge is 2.54. The number of carbonyl (C=O) groups excluding carboxylic acids is 2. The van der Waals surface area contributed by atoms with E-state index in [-0.39, 0.29) is 18.0 Å². The van der Waals surface area contributed by atoms with Crippen LogP contribution in [-0.2, 0) is 20.8 Å². The van der Waals surface area contributed by atoms with Gasteiger partial charge in [0.05, 0.1) is 11.4 Å². The Bertz CT molecular complexity index is 1090. The molecule has 6 nitrogen and oxygen atoms in total. The quantitative estimate of drug-likeness (QED) is 0.589. The van der Waals surface area contributed by atoms with Crippen LogP contribution in [0.5, 0.6) is 0 Å². The minimum atomic E-state index is -1.19. The van der Waals surface area contributed by atoms with Gasteiger partial charge in [0.2, 0.25) is 5.91 Å². The van der Waals surface area contributed by atoms with Crippen molar-refractivity contribution in [2.45, 2.75) is 22.7 Å². The summed E-state index contributed by atoms with van der Waals surface area (Å²) in [5, 5.41) is 13.0. The fraction of sp³-hybridized carbons (Fsp3) is 0.190. The molecule has 0 saturated carbocycles. The zero-order valence-corrected chi connectivity index (χ0v) is 19.0. The summed E-state index contributed by atoms with van der Waals surface area (Å²) in [6, 6.07) is 13.4. The summed E-state index contributed by atoms with van der Waals surface area (Å²) in [5.41, 5.74) is 0.767. The number of β-lactam (4-membered cyclic amide) rings is 1. The second kappa shape index (κ2) is 9.16. The minimum Gasteiger partial charge on any atom is -0.477 e. The van der Waals surface area contributed by atoms with E-state index >= 15 is 0 Å². The van der Waals surface area contributed by atoms with Gasteiger partial charge in [-0.15, -0.1) is 11.8 Å². The SMILES string of the molecule is O=C(Cc1ccccc1)N[C@@H]1C(=O)N2C(C(=O)O)=C(Sc3ccc(Cl)cc3Cl)CS[C@H]12. The van der Waals surface area contributed by atoms with Crippen LogP contribution in [-0.4, -0.2) is 45.0 Å². The van der Waals surface area contributed by atoms with Gasteiger partial charge in [-0.1, -0.05) is 65.3 Å². The monoisotopic (exact) mass is 494 g/mol. The number of fused-ring (bicyclic) bond motifs is 1. The third-order valence-corrected chi connectivity index (χ3v) is 8.07. The number of carboxylic acids is 1. The molecular formula is C21H16Cl2N2O4S2. The first-order chi connectivity index (χ1) is 14.8. The van der Waals surface area contributed by atoms with E-state index in [0.29, 0.717) is 25.6 Å². The molecule has 2 aliphatic heterocycles. The fourth-order valence-electron chi connectivity index (χ4n) is 3.37. The molecule has 2 N–H and O–H groups in total. The maximum Gasteiger partial charge on any atom is 0.353 e. The summed E-state index contributed by atoms with van der Waals surface area (Å²) >= 11 is 14.8. The molecule has 2 atom stereocenters. The molecule has 2 aliphatic rings. The van der Waals surface area contributed by atoms with Gasteiger partial charge in [0.15, 0.2) is 0 Å². The lowest BCUT2D eigenvalue weighted by atomic mass is 10.0. The third kappa shape index (κ3) is 4.57. The van der Waals surface area contributed by atoms with E-state index in [0.717, 1.165) is 5.56 Å². The first-order valence-electron chi connectivity index (χ1n) is 9.22. The zero-order chi connectivity index (χ0) is 22.1. The van der Waals surface area contributed by atoms with Crippen LogP contribution in [0.4, 0.5) is 0 Å². The van der Waals surface area contributed by atoms with Gasteiger partial charge in [-0.2, -0.15) is 0 Å². The number of aliphatic carboxylic acids is 1. The molecule has 160 valence electrons. The smallest absolute Gasteiger partial charge is 0.353 e. The first-order valence-corrected chi connectivity index (χ1v) is 11.8. The largest absolute Gasteiger partial charge is 0.477 e. The number of nitrogens with one attached hydrogen (secondary N) is 1. The molecule has 0 spiro atoms. The van der Waals surface area contributed by atoms with Gasteiger partial charge in [0, 0.05) is 20.6 Å². The minimum absolute atomic E-state index is 0.0710. The number of hydrogen-bond donors (Lipinski definition) is 2.